The Hall–Kier alpha value is -1.36. The Kier molecular flexibility index (Phi) is 4.95. The van der Waals surface area contributed by atoms with Gasteiger partial charge in [-0.15, -0.1) is 0 Å². The summed E-state index contributed by atoms with van der Waals surface area (Å²) < 4.78 is 40.8. The van der Waals surface area contributed by atoms with E-state index in [9.17, 15) is 23.7 Å². The normalized spacial score (nSPS) is 33.0. The maximum absolute atomic E-state index is 14.5. The number of aliphatic hydroxyl groups excluding tert-OH is 1. The number of aliphatic hydroxyl groups is 1. The van der Waals surface area contributed by atoms with Crippen molar-refractivity contribution in [2.24, 2.45) is 0 Å². The van der Waals surface area contributed by atoms with E-state index in [4.69, 9.17) is 14.4 Å². The molecule has 2 unspecified atom stereocenters. The predicted molar refractivity (Wildman–Crippen MR) is 69.3 cm³/mol. The minimum atomic E-state index is -3.57. The zero-order valence-electron chi connectivity index (χ0n) is 11.3. The molecule has 1 aliphatic rings. The van der Waals surface area contributed by atoms with Gasteiger partial charge in [-0.25, -0.2) is 9.18 Å². The summed E-state index contributed by atoms with van der Waals surface area (Å²) in [4.78, 5) is 33.5. The van der Waals surface area contributed by atoms with Gasteiger partial charge in [-0.1, -0.05) is 0 Å². The van der Waals surface area contributed by atoms with Gasteiger partial charge >= 0.3 is 13.9 Å². The van der Waals surface area contributed by atoms with Crippen LogP contribution in [0, 0.1) is 0 Å². The second-order valence-corrected chi connectivity index (χ2v) is 5.22. The Labute approximate surface area is 123 Å². The number of aromatic nitrogens is 2. The number of alkyl halides is 1. The maximum Gasteiger partial charge on any atom is 0.330 e. The van der Waals surface area contributed by atoms with E-state index in [1.165, 1.54) is 0 Å². The minimum Gasteiger partial charge on any atom is -0.391 e. The van der Waals surface area contributed by atoms with Gasteiger partial charge in [0, 0.05) is 19.4 Å². The van der Waals surface area contributed by atoms with Crippen molar-refractivity contribution in [1.82, 2.24) is 9.55 Å². The van der Waals surface area contributed by atoms with E-state index in [1.807, 2.05) is 4.98 Å². The summed E-state index contributed by atoms with van der Waals surface area (Å²) in [5, 5.41) is 9.38. The van der Waals surface area contributed by atoms with E-state index in [-0.39, 0.29) is 0 Å². The molecule has 22 heavy (non-hydrogen) atoms. The number of methoxy groups -OCH3 is 1. The summed E-state index contributed by atoms with van der Waals surface area (Å²) in [6.45, 7) is -0.891. The molecule has 3 N–H and O–H groups in total. The van der Waals surface area contributed by atoms with Crippen molar-refractivity contribution in [3.8, 4) is 0 Å². The van der Waals surface area contributed by atoms with Gasteiger partial charge in [0.15, 0.2) is 18.5 Å². The highest BCUT2D eigenvalue weighted by Crippen LogP contribution is 2.43. The van der Waals surface area contributed by atoms with Crippen LogP contribution in [0.2, 0.25) is 0 Å². The number of nitrogens with one attached hydrogen (secondary N) is 1. The van der Waals surface area contributed by atoms with Gasteiger partial charge in [0.1, 0.15) is 6.61 Å². The molecule has 5 atom stereocenters. The third-order valence-electron chi connectivity index (χ3n) is 3.23. The highest BCUT2D eigenvalue weighted by atomic mass is 31.1. The predicted octanol–water partition coefficient (Wildman–Crippen LogP) is -1.49. The lowest BCUT2D eigenvalue weighted by Gasteiger charge is -2.29. The average molecular weight is 340 g/mol. The van der Waals surface area contributed by atoms with Crippen LogP contribution in [-0.4, -0.2) is 51.3 Å². The van der Waals surface area contributed by atoms with Gasteiger partial charge in [0.05, 0.1) is 0 Å². The van der Waals surface area contributed by atoms with Crippen LogP contribution < -0.4 is 11.2 Å². The molecule has 1 aliphatic heterocycles. The zero-order chi connectivity index (χ0) is 16.5. The van der Waals surface area contributed by atoms with Gasteiger partial charge < -0.3 is 19.5 Å². The molecule has 1 aromatic rings. The molecule has 0 aliphatic carbocycles. The number of hydrogen-bond acceptors (Lipinski definition) is 7. The number of hydrogen-bond donors (Lipinski definition) is 3. The van der Waals surface area contributed by atoms with E-state index in [2.05, 4.69) is 4.52 Å². The Morgan fingerprint density at radius 2 is 2.27 bits per heavy atom. The van der Waals surface area contributed by atoms with E-state index < -0.39 is 50.4 Å². The second kappa shape index (κ2) is 6.41. The van der Waals surface area contributed by atoms with Crippen molar-refractivity contribution < 1.29 is 33.0 Å². The van der Waals surface area contributed by atoms with E-state index in [1.54, 1.807) is 0 Å². The Bertz CT molecular complexity index is 671. The molecule has 124 valence electrons. The summed E-state index contributed by atoms with van der Waals surface area (Å²) in [6, 6.07) is 0.966. The molecule has 1 aromatic heterocycles. The highest BCUT2D eigenvalue weighted by molar-refractivity contribution is 7.32. The molecule has 0 aromatic carbocycles. The quantitative estimate of drug-likeness (QED) is 0.551. The molecule has 0 spiro atoms. The van der Waals surface area contributed by atoms with Gasteiger partial charge in [-0.2, -0.15) is 0 Å². The number of halogens is 1. The van der Waals surface area contributed by atoms with Gasteiger partial charge in [-0.05, 0) is 0 Å². The first-order valence-electron chi connectivity index (χ1n) is 6.03. The summed E-state index contributed by atoms with van der Waals surface area (Å²) in [7, 11) is -2.49. The van der Waals surface area contributed by atoms with Crippen LogP contribution in [0.3, 0.4) is 0 Å². The number of rotatable bonds is 5. The molecule has 0 saturated carbocycles. The lowest BCUT2D eigenvalue weighted by molar-refractivity contribution is -0.266. The Balaban J connectivity index is 2.45. The van der Waals surface area contributed by atoms with Crippen molar-refractivity contribution in [1.29, 1.82) is 0 Å². The van der Waals surface area contributed by atoms with Gasteiger partial charge in [-0.3, -0.25) is 23.4 Å². The van der Waals surface area contributed by atoms with Gasteiger partial charge in [0.25, 0.3) is 5.56 Å². The molecule has 10 nitrogen and oxygen atoms in total. The fourth-order valence-electron chi connectivity index (χ4n) is 2.19. The molecular formula is C10H14FN2O8P. The summed E-state index contributed by atoms with van der Waals surface area (Å²) in [5.74, 6) is -2.07. The monoisotopic (exact) mass is 340 g/mol. The fraction of sp³-hybridized carbons (Fsp3) is 0.600. The molecule has 12 heteroatoms. The first-order chi connectivity index (χ1) is 10.3. The number of H-pyrrole nitrogens is 1. The van der Waals surface area contributed by atoms with Crippen molar-refractivity contribution in [2.45, 2.75) is 24.3 Å². The van der Waals surface area contributed by atoms with Crippen LogP contribution in [0.5, 0.6) is 0 Å². The van der Waals surface area contributed by atoms with Crippen LogP contribution >= 0.6 is 8.25 Å². The molecule has 0 amide bonds. The van der Waals surface area contributed by atoms with Crippen LogP contribution in [-0.2, 0) is 18.6 Å². The smallest absolute Gasteiger partial charge is 0.330 e. The lowest BCUT2D eigenvalue weighted by atomic mass is 10.1. The third kappa shape index (κ3) is 2.91. The number of ether oxygens (including phenoxy) is 2. The van der Waals surface area contributed by atoms with E-state index in [0.717, 1.165) is 19.4 Å². The van der Waals surface area contributed by atoms with Gasteiger partial charge in [0.2, 0.25) is 5.79 Å². The zero-order valence-corrected chi connectivity index (χ0v) is 12.3. The largest absolute Gasteiger partial charge is 0.391 e. The van der Waals surface area contributed by atoms with Crippen molar-refractivity contribution in [3.63, 3.8) is 0 Å². The Morgan fingerprint density at radius 1 is 1.59 bits per heavy atom. The molecule has 2 rings (SSSR count). The van der Waals surface area contributed by atoms with Crippen LogP contribution in [0.4, 0.5) is 4.39 Å². The maximum atomic E-state index is 14.5. The first kappa shape index (κ1) is 17.0. The lowest BCUT2D eigenvalue weighted by Crippen LogP contribution is -2.47. The molecule has 1 fully saturated rings. The second-order valence-electron chi connectivity index (χ2n) is 4.45. The van der Waals surface area contributed by atoms with Crippen molar-refractivity contribution in [3.05, 3.63) is 33.1 Å². The Morgan fingerprint density at radius 3 is 2.77 bits per heavy atom. The van der Waals surface area contributed by atoms with Crippen molar-refractivity contribution in [2.75, 3.05) is 13.7 Å². The summed E-state index contributed by atoms with van der Waals surface area (Å²) >= 11 is 0. The average Bonchev–Trinajstić information content (AvgIpc) is 2.73. The van der Waals surface area contributed by atoms with E-state index >= 15 is 0 Å². The fourth-order valence-corrected chi connectivity index (χ4v) is 2.71. The number of nitrogens with zero attached hydrogens (tertiary/aromatic N) is 1. The summed E-state index contributed by atoms with van der Waals surface area (Å²) in [5.41, 5.74) is -1.65. The SMILES string of the molecule is CO[C@]1(CO)O[C@@H](n2ccc(=O)[nH]c2=O)C(F)[C@H]1O[PH](=O)O. The molecule has 0 bridgehead atoms. The number of aromatic amines is 1. The van der Waals surface area contributed by atoms with Crippen LogP contribution in [0.15, 0.2) is 21.9 Å². The van der Waals surface area contributed by atoms with E-state index in [0.29, 0.717) is 4.57 Å². The molecule has 1 saturated heterocycles. The summed E-state index contributed by atoms with van der Waals surface area (Å²) in [6.07, 6.45) is -4.50. The van der Waals surface area contributed by atoms with Crippen LogP contribution in [0.1, 0.15) is 6.23 Å². The first-order valence-corrected chi connectivity index (χ1v) is 7.30. The standard InChI is InChI=1S/C10H14FN2O8P/c1-19-10(4-14)7(21-22(17)18)6(11)8(20-10)13-3-2-5(15)12-9(13)16/h2-3,6-8,14,22H,4H2,1H3,(H,17,18)(H,12,15,16)/t6?,7-,8-,10-/m1/s1. The highest BCUT2D eigenvalue weighted by Gasteiger charge is 2.59. The molecular weight excluding hydrogens is 326 g/mol. The third-order valence-corrected chi connectivity index (χ3v) is 3.69. The molecule has 0 radical (unpaired) electrons. The minimum absolute atomic E-state index is 0.692. The van der Waals surface area contributed by atoms with Crippen molar-refractivity contribution >= 4 is 8.25 Å². The topological polar surface area (TPSA) is 140 Å². The molecule has 2 heterocycles. The van der Waals surface area contributed by atoms with Crippen LogP contribution in [0.25, 0.3) is 0 Å².